The van der Waals surface area contributed by atoms with Gasteiger partial charge in [0, 0.05) is 0 Å². The molecule has 1 heteroatoms. The third-order valence-electron chi connectivity index (χ3n) is 2.42. The van der Waals surface area contributed by atoms with E-state index >= 15 is 0 Å². The topological polar surface area (TPSA) is 0 Å². The molecule has 1 saturated carbocycles. The van der Waals surface area contributed by atoms with Crippen LogP contribution in [0.3, 0.4) is 0 Å². The second kappa shape index (κ2) is 42.7. The summed E-state index contributed by atoms with van der Waals surface area (Å²) >= 11 is 0. The van der Waals surface area contributed by atoms with Crippen molar-refractivity contribution >= 4 is 0 Å². The van der Waals surface area contributed by atoms with Crippen molar-refractivity contribution in [2.45, 2.75) is 108 Å². The molecule has 0 spiro atoms. The number of hydrogen-bond acceptors (Lipinski definition) is 0. The van der Waals surface area contributed by atoms with Gasteiger partial charge in [-0.1, -0.05) is 75.7 Å². The van der Waals surface area contributed by atoms with Gasteiger partial charge in [-0.15, -0.1) is 19.8 Å². The minimum absolute atomic E-state index is 0. The first-order chi connectivity index (χ1) is 8.89. The molecule has 0 bridgehead atoms. The van der Waals surface area contributed by atoms with Gasteiger partial charge in [0.15, 0.2) is 0 Å². The van der Waals surface area contributed by atoms with Crippen molar-refractivity contribution in [3.63, 3.8) is 0 Å². The number of allylic oxidation sites excluding steroid dienone is 2. The van der Waals surface area contributed by atoms with Crippen LogP contribution >= 0.6 is 0 Å². The van der Waals surface area contributed by atoms with E-state index in [1.807, 2.05) is 41.5 Å². The van der Waals surface area contributed by atoms with Crippen LogP contribution in [0.4, 0.5) is 0 Å². The van der Waals surface area contributed by atoms with Crippen LogP contribution in [0, 0.1) is 12.8 Å². The van der Waals surface area contributed by atoms with Crippen LogP contribution < -0.4 is 0 Å². The first-order valence-corrected chi connectivity index (χ1v) is 8.20. The zero-order valence-corrected chi connectivity index (χ0v) is 16.0. The fourth-order valence-electron chi connectivity index (χ4n) is 1.58. The van der Waals surface area contributed by atoms with Gasteiger partial charge in [-0.2, -0.15) is 12.8 Å². The molecule has 131 valence electrons. The molecule has 21 heavy (non-hydrogen) atoms. The van der Waals surface area contributed by atoms with Crippen LogP contribution in [0.1, 0.15) is 108 Å². The molecule has 0 aliphatic heterocycles. The zero-order valence-electron chi connectivity index (χ0n) is 14.6. The molecular weight excluding hydrogens is 291 g/mol. The molecule has 0 aromatic rings. The van der Waals surface area contributed by atoms with Crippen LogP contribution in [0.15, 0.2) is 11.6 Å². The second-order valence-electron chi connectivity index (χ2n) is 3.71. The summed E-state index contributed by atoms with van der Waals surface area (Å²) < 4.78 is 0. The van der Waals surface area contributed by atoms with Crippen LogP contribution in [0.5, 0.6) is 0 Å². The van der Waals surface area contributed by atoms with Gasteiger partial charge in [-0.3, -0.25) is 0 Å². The van der Waals surface area contributed by atoms with Crippen LogP contribution in [-0.4, -0.2) is 0 Å². The molecule has 0 aromatic heterocycles. The normalized spacial score (nSPS) is 13.4. The summed E-state index contributed by atoms with van der Waals surface area (Å²) in [4.78, 5) is 0. The van der Waals surface area contributed by atoms with Crippen molar-refractivity contribution < 1.29 is 18.6 Å². The average Bonchev–Trinajstić information content (AvgIpc) is 2.99. The Bertz CT molecular complexity index is 123. The fourth-order valence-corrected chi connectivity index (χ4v) is 1.58. The average molecular weight is 338 g/mol. The van der Waals surface area contributed by atoms with E-state index < -0.39 is 0 Å². The second-order valence-corrected chi connectivity index (χ2v) is 3.71. The minimum atomic E-state index is 0. The summed E-state index contributed by atoms with van der Waals surface area (Å²) in [7, 11) is 0. The van der Waals surface area contributed by atoms with Crippen molar-refractivity contribution in [2.24, 2.45) is 0 Å². The van der Waals surface area contributed by atoms with Crippen molar-refractivity contribution in [2.75, 3.05) is 0 Å². The molecule has 0 heterocycles. The SMILES string of the molecule is C.C.CC.CC.CC.CC1=C[CH-]CC1.[CH-]1CCCCC1.[V+2]. The molecule has 1 fully saturated rings. The van der Waals surface area contributed by atoms with E-state index in [1.165, 1.54) is 50.5 Å². The molecule has 0 N–H and O–H groups in total. The predicted molar refractivity (Wildman–Crippen MR) is 102 cm³/mol. The molecule has 1 radical (unpaired) electrons. The van der Waals surface area contributed by atoms with Crippen molar-refractivity contribution in [1.29, 1.82) is 0 Å². The maximum atomic E-state index is 2.39. The van der Waals surface area contributed by atoms with Gasteiger partial charge >= 0.3 is 18.6 Å². The van der Waals surface area contributed by atoms with Crippen LogP contribution in [-0.2, 0) is 18.6 Å². The Balaban J connectivity index is -0.0000000359. The summed E-state index contributed by atoms with van der Waals surface area (Å²) in [6.45, 7) is 14.2. The monoisotopic (exact) mass is 337 g/mol. The first-order valence-electron chi connectivity index (χ1n) is 8.20. The maximum Gasteiger partial charge on any atom is 2.00 e. The fraction of sp³-hybridized carbons (Fsp3) is 0.800. The molecule has 2 aliphatic carbocycles. The molecule has 0 unspecified atom stereocenters. The van der Waals surface area contributed by atoms with E-state index in [2.05, 4.69) is 25.8 Å². The summed E-state index contributed by atoms with van der Waals surface area (Å²) in [6, 6.07) is 0. The van der Waals surface area contributed by atoms with Gasteiger partial charge in [0.2, 0.25) is 0 Å². The quantitative estimate of drug-likeness (QED) is 0.389. The largest absolute Gasteiger partial charge is 2.00 e. The van der Waals surface area contributed by atoms with E-state index in [9.17, 15) is 0 Å². The third-order valence-corrected chi connectivity index (χ3v) is 2.42. The Kier molecular flexibility index (Phi) is 76.2. The van der Waals surface area contributed by atoms with E-state index in [4.69, 9.17) is 0 Å². The van der Waals surface area contributed by atoms with E-state index in [1.54, 1.807) is 0 Å². The van der Waals surface area contributed by atoms with Gasteiger partial charge in [-0.05, 0) is 0 Å². The molecular formula is C20H46V. The Morgan fingerprint density at radius 1 is 0.762 bits per heavy atom. The van der Waals surface area contributed by atoms with Crippen molar-refractivity contribution in [1.82, 2.24) is 0 Å². The molecule has 0 nitrogen and oxygen atoms in total. The van der Waals surface area contributed by atoms with E-state index in [0.717, 1.165) is 0 Å². The third kappa shape index (κ3) is 38.4. The maximum absolute atomic E-state index is 2.39. The number of hydrogen-bond donors (Lipinski definition) is 0. The minimum Gasteiger partial charge on any atom is -0.328 e. The molecule has 2 rings (SSSR count). The molecule has 0 saturated heterocycles. The molecule has 2 aliphatic rings. The van der Waals surface area contributed by atoms with Crippen LogP contribution in [0.2, 0.25) is 0 Å². The molecule has 0 amide bonds. The van der Waals surface area contributed by atoms with Gasteiger partial charge in [0.1, 0.15) is 0 Å². The van der Waals surface area contributed by atoms with Crippen molar-refractivity contribution in [3.8, 4) is 0 Å². The Morgan fingerprint density at radius 3 is 1.29 bits per heavy atom. The summed E-state index contributed by atoms with van der Waals surface area (Å²) in [5.74, 6) is 0. The Labute approximate surface area is 151 Å². The van der Waals surface area contributed by atoms with Gasteiger partial charge in [-0.25, -0.2) is 18.1 Å². The van der Waals surface area contributed by atoms with Crippen molar-refractivity contribution in [3.05, 3.63) is 24.5 Å². The zero-order chi connectivity index (χ0) is 14.6. The summed E-state index contributed by atoms with van der Waals surface area (Å²) in [6.07, 6.45) is 16.5. The smallest absolute Gasteiger partial charge is 0.328 e. The molecule has 0 atom stereocenters. The Morgan fingerprint density at radius 2 is 1.19 bits per heavy atom. The standard InChI is InChI=1S/C6H9.C6H11.3C2H6.2CH4.V/c1-6-4-2-3-5-6;1-2-4-6-5-3-1;3*1-2;;;/h2,4H,3,5H2,1H3;1H,2-6H2;3*1-2H3;2*1H4;/q2*-1;;;;;;+2. The summed E-state index contributed by atoms with van der Waals surface area (Å²) in [5.41, 5.74) is 1.52. The number of rotatable bonds is 0. The predicted octanol–water partition coefficient (Wildman–Crippen LogP) is 8.43. The van der Waals surface area contributed by atoms with Gasteiger partial charge in [0.25, 0.3) is 0 Å². The molecule has 0 aromatic carbocycles. The van der Waals surface area contributed by atoms with E-state index in [0.29, 0.717) is 0 Å². The van der Waals surface area contributed by atoms with Gasteiger partial charge < -0.3 is 6.42 Å². The van der Waals surface area contributed by atoms with E-state index in [-0.39, 0.29) is 33.4 Å². The first kappa shape index (κ1) is 37.4. The summed E-state index contributed by atoms with van der Waals surface area (Å²) in [5, 5.41) is 0. The van der Waals surface area contributed by atoms with Crippen LogP contribution in [0.25, 0.3) is 0 Å². The van der Waals surface area contributed by atoms with Gasteiger partial charge in [0.05, 0.1) is 0 Å². The Hall–Kier alpha value is 0.194.